The van der Waals surface area contributed by atoms with E-state index in [1.165, 1.54) is 25.1 Å². The summed E-state index contributed by atoms with van der Waals surface area (Å²) in [7, 11) is 3.18. The van der Waals surface area contributed by atoms with Crippen LogP contribution in [0.15, 0.2) is 55.0 Å². The van der Waals surface area contributed by atoms with Crippen LogP contribution in [0.4, 0.5) is 17.3 Å². The van der Waals surface area contributed by atoms with Crippen LogP contribution in [0.5, 0.6) is 11.5 Å². The number of nitrogens with one attached hydrogen (secondary N) is 1. The predicted octanol–water partition coefficient (Wildman–Crippen LogP) is 5.04. The van der Waals surface area contributed by atoms with Crippen molar-refractivity contribution in [3.63, 3.8) is 0 Å². The van der Waals surface area contributed by atoms with Gasteiger partial charge in [-0.1, -0.05) is 11.6 Å². The summed E-state index contributed by atoms with van der Waals surface area (Å²) in [6.45, 7) is 4.57. The molecule has 0 saturated carbocycles. The standard InChI is InChI=1S/C29H29ClN8O2/c1-39-22-13-23(26(30)25(14-22)40-2)24-12-18-15-31-29(34-27(18)38-17-32-35-28(24)38)33-19-5-7-20(8-6-19)37-11-10-36-9-3-4-21(36)16-37/h5-8,12-15,17,21H,3-4,9-11,16H2,1-2H3,(H,31,33,34)/t21-/m0/s1. The number of rotatable bonds is 6. The van der Waals surface area contributed by atoms with Gasteiger partial charge in [-0.25, -0.2) is 4.98 Å². The SMILES string of the molecule is COc1cc(OC)c(Cl)c(-c2cc3cnc(Nc4ccc(N5CCN6CCC[C@H]6C5)cc4)nc3n3cnnc23)c1. The second kappa shape index (κ2) is 10.1. The highest BCUT2D eigenvalue weighted by atomic mass is 35.5. The maximum absolute atomic E-state index is 6.71. The van der Waals surface area contributed by atoms with Crippen LogP contribution in [0.2, 0.25) is 5.02 Å². The lowest BCUT2D eigenvalue weighted by Gasteiger charge is -2.38. The van der Waals surface area contributed by atoms with E-state index in [1.807, 2.05) is 16.5 Å². The van der Waals surface area contributed by atoms with Crippen molar-refractivity contribution in [2.24, 2.45) is 0 Å². The summed E-state index contributed by atoms with van der Waals surface area (Å²) in [5, 5.41) is 13.1. The van der Waals surface area contributed by atoms with Crippen LogP contribution in [-0.2, 0) is 0 Å². The van der Waals surface area contributed by atoms with Gasteiger partial charge in [0.2, 0.25) is 5.95 Å². The average molecular weight is 557 g/mol. The van der Waals surface area contributed by atoms with Crippen LogP contribution in [0.1, 0.15) is 12.8 Å². The van der Waals surface area contributed by atoms with Gasteiger partial charge in [-0.3, -0.25) is 9.30 Å². The Balaban J connectivity index is 1.18. The molecule has 0 aliphatic carbocycles. The Morgan fingerprint density at radius 3 is 2.67 bits per heavy atom. The van der Waals surface area contributed by atoms with E-state index in [4.69, 9.17) is 26.1 Å². The van der Waals surface area contributed by atoms with E-state index in [-0.39, 0.29) is 0 Å². The summed E-state index contributed by atoms with van der Waals surface area (Å²) in [5.41, 5.74) is 4.96. The van der Waals surface area contributed by atoms with Gasteiger partial charge in [0.25, 0.3) is 0 Å². The third-order valence-electron chi connectivity index (χ3n) is 7.95. The summed E-state index contributed by atoms with van der Waals surface area (Å²) in [6.07, 6.45) is 6.05. The van der Waals surface area contributed by atoms with Crippen LogP contribution in [0.3, 0.4) is 0 Å². The Morgan fingerprint density at radius 2 is 1.85 bits per heavy atom. The Hall–Kier alpha value is -4.15. The highest BCUT2D eigenvalue weighted by Crippen LogP contribution is 2.41. The molecule has 5 heterocycles. The third kappa shape index (κ3) is 4.33. The molecule has 2 saturated heterocycles. The number of halogens is 1. The summed E-state index contributed by atoms with van der Waals surface area (Å²) in [6, 6.07) is 14.8. The number of pyridine rings is 1. The van der Waals surface area contributed by atoms with Crippen LogP contribution >= 0.6 is 11.6 Å². The molecule has 11 heteroatoms. The first-order valence-electron chi connectivity index (χ1n) is 13.4. The second-order valence-electron chi connectivity index (χ2n) is 10.2. The van der Waals surface area contributed by atoms with Gasteiger partial charge in [0.15, 0.2) is 11.3 Å². The summed E-state index contributed by atoms with van der Waals surface area (Å²) in [5.74, 6) is 1.62. The van der Waals surface area contributed by atoms with Crippen molar-refractivity contribution in [2.45, 2.75) is 18.9 Å². The third-order valence-corrected chi connectivity index (χ3v) is 8.34. The van der Waals surface area contributed by atoms with Gasteiger partial charge in [-0.15, -0.1) is 10.2 Å². The molecular formula is C29H29ClN8O2. The van der Waals surface area contributed by atoms with Gasteiger partial charge in [0.1, 0.15) is 17.8 Å². The van der Waals surface area contributed by atoms with Crippen molar-refractivity contribution in [1.82, 2.24) is 29.5 Å². The van der Waals surface area contributed by atoms with Gasteiger partial charge in [-0.05, 0) is 55.8 Å². The number of hydrogen-bond donors (Lipinski definition) is 1. The number of ether oxygens (including phenoxy) is 2. The zero-order chi connectivity index (χ0) is 27.2. The quantitative estimate of drug-likeness (QED) is 0.309. The van der Waals surface area contributed by atoms with Crippen molar-refractivity contribution < 1.29 is 9.47 Å². The normalized spacial score (nSPS) is 17.4. The molecule has 0 radical (unpaired) electrons. The lowest BCUT2D eigenvalue weighted by Crippen LogP contribution is -2.50. The Kier molecular flexibility index (Phi) is 6.28. The van der Waals surface area contributed by atoms with Crippen molar-refractivity contribution >= 4 is 45.6 Å². The van der Waals surface area contributed by atoms with Crippen molar-refractivity contribution in [1.29, 1.82) is 0 Å². The molecule has 2 fully saturated rings. The molecule has 3 aromatic heterocycles. The molecule has 2 aliphatic rings. The smallest absolute Gasteiger partial charge is 0.229 e. The van der Waals surface area contributed by atoms with E-state index >= 15 is 0 Å². The monoisotopic (exact) mass is 556 g/mol. The van der Waals surface area contributed by atoms with Crippen LogP contribution < -0.4 is 19.7 Å². The number of hydrogen-bond acceptors (Lipinski definition) is 9. The topological polar surface area (TPSA) is 92.9 Å². The molecule has 2 aromatic carbocycles. The van der Waals surface area contributed by atoms with Gasteiger partial charge >= 0.3 is 0 Å². The molecule has 204 valence electrons. The molecular weight excluding hydrogens is 528 g/mol. The van der Waals surface area contributed by atoms with E-state index in [2.05, 4.69) is 54.6 Å². The Bertz CT molecular complexity index is 1710. The largest absolute Gasteiger partial charge is 0.497 e. The molecule has 40 heavy (non-hydrogen) atoms. The maximum atomic E-state index is 6.71. The van der Waals surface area contributed by atoms with Gasteiger partial charge in [0, 0.05) is 65.8 Å². The molecule has 0 amide bonds. The number of nitrogens with zero attached hydrogens (tertiary/aromatic N) is 7. The van der Waals surface area contributed by atoms with Gasteiger partial charge in [0.05, 0.1) is 19.2 Å². The molecule has 10 nitrogen and oxygen atoms in total. The minimum absolute atomic E-state index is 0.459. The number of methoxy groups -OCH3 is 2. The summed E-state index contributed by atoms with van der Waals surface area (Å²) >= 11 is 6.71. The fourth-order valence-corrected chi connectivity index (χ4v) is 6.16. The van der Waals surface area contributed by atoms with E-state index < -0.39 is 0 Å². The van der Waals surface area contributed by atoms with Crippen molar-refractivity contribution in [3.05, 3.63) is 60.0 Å². The van der Waals surface area contributed by atoms with Crippen LogP contribution in [0, 0.1) is 0 Å². The zero-order valence-electron chi connectivity index (χ0n) is 22.3. The first kappa shape index (κ1) is 24.9. The molecule has 5 aromatic rings. The number of anilines is 3. The highest BCUT2D eigenvalue weighted by Gasteiger charge is 2.30. The van der Waals surface area contributed by atoms with Crippen molar-refractivity contribution in [3.8, 4) is 22.6 Å². The highest BCUT2D eigenvalue weighted by molar-refractivity contribution is 6.35. The molecule has 1 atom stereocenters. The lowest BCUT2D eigenvalue weighted by molar-refractivity contribution is 0.231. The van der Waals surface area contributed by atoms with Crippen LogP contribution in [-0.4, -0.2) is 75.9 Å². The minimum Gasteiger partial charge on any atom is -0.497 e. The number of benzene rings is 2. The molecule has 1 N–H and O–H groups in total. The molecule has 7 rings (SSSR count). The predicted molar refractivity (Wildman–Crippen MR) is 156 cm³/mol. The number of aromatic nitrogens is 5. The maximum Gasteiger partial charge on any atom is 0.229 e. The van der Waals surface area contributed by atoms with Crippen LogP contribution in [0.25, 0.3) is 27.8 Å². The molecule has 0 bridgehead atoms. The fourth-order valence-electron chi connectivity index (χ4n) is 5.87. The van der Waals surface area contributed by atoms with Gasteiger partial charge < -0.3 is 19.7 Å². The zero-order valence-corrected chi connectivity index (χ0v) is 23.1. The first-order valence-corrected chi connectivity index (χ1v) is 13.8. The lowest BCUT2D eigenvalue weighted by atomic mass is 10.0. The first-order chi connectivity index (χ1) is 19.6. The molecule has 0 spiro atoms. The minimum atomic E-state index is 0.459. The second-order valence-corrected chi connectivity index (χ2v) is 10.6. The number of piperazine rings is 1. The molecule has 0 unspecified atom stereocenters. The fraction of sp³-hybridized carbons (Fsp3) is 0.310. The number of fused-ring (bicyclic) bond motifs is 4. The Labute approximate surface area is 236 Å². The van der Waals surface area contributed by atoms with E-state index in [1.54, 1.807) is 32.8 Å². The molecule has 2 aliphatic heterocycles. The van der Waals surface area contributed by atoms with E-state index in [0.717, 1.165) is 41.8 Å². The average Bonchev–Trinajstić information content (AvgIpc) is 3.67. The Morgan fingerprint density at radius 1 is 0.975 bits per heavy atom. The summed E-state index contributed by atoms with van der Waals surface area (Å²) < 4.78 is 12.8. The van der Waals surface area contributed by atoms with Gasteiger partial charge in [-0.2, -0.15) is 4.98 Å². The van der Waals surface area contributed by atoms with Crippen molar-refractivity contribution in [2.75, 3.05) is 50.6 Å². The van der Waals surface area contributed by atoms with E-state index in [9.17, 15) is 0 Å². The van der Waals surface area contributed by atoms with E-state index in [0.29, 0.717) is 39.8 Å². The summed E-state index contributed by atoms with van der Waals surface area (Å²) in [4.78, 5) is 14.5.